The van der Waals surface area contributed by atoms with Crippen molar-refractivity contribution in [2.24, 2.45) is 5.73 Å². The van der Waals surface area contributed by atoms with Crippen molar-refractivity contribution in [2.45, 2.75) is 12.5 Å². The summed E-state index contributed by atoms with van der Waals surface area (Å²) >= 11 is 0. The van der Waals surface area contributed by atoms with Crippen LogP contribution in [0.5, 0.6) is 5.75 Å². The van der Waals surface area contributed by atoms with E-state index in [-0.39, 0.29) is 6.04 Å². The summed E-state index contributed by atoms with van der Waals surface area (Å²) in [5.41, 5.74) is 21.4. The topological polar surface area (TPSA) is 99.3 Å². The van der Waals surface area contributed by atoms with Gasteiger partial charge in [0.25, 0.3) is 0 Å². The number of nitrogen functional groups attached to an aromatic ring is 2. The minimum Gasteiger partial charge on any atom is -0.495 e. The largest absolute Gasteiger partial charge is 0.495 e. The molecule has 22 heavy (non-hydrogen) atoms. The molecule has 0 aromatic heterocycles. The SMILES string of the molecule is COc1ccc(C(N)CNCCc2ccc(N)cc2)cc1N. The van der Waals surface area contributed by atoms with Gasteiger partial charge in [0.15, 0.2) is 0 Å². The van der Waals surface area contributed by atoms with E-state index in [0.29, 0.717) is 18.0 Å². The first kappa shape index (κ1) is 16.1. The molecule has 0 fully saturated rings. The van der Waals surface area contributed by atoms with E-state index in [1.165, 1.54) is 5.56 Å². The molecule has 2 rings (SSSR count). The van der Waals surface area contributed by atoms with Crippen molar-refractivity contribution in [2.75, 3.05) is 31.7 Å². The van der Waals surface area contributed by atoms with Crippen LogP contribution in [0.3, 0.4) is 0 Å². The van der Waals surface area contributed by atoms with E-state index in [2.05, 4.69) is 5.32 Å². The fourth-order valence-electron chi connectivity index (χ4n) is 2.28. The Balaban J connectivity index is 1.79. The van der Waals surface area contributed by atoms with Crippen LogP contribution in [0.2, 0.25) is 0 Å². The van der Waals surface area contributed by atoms with Gasteiger partial charge in [-0.05, 0) is 48.4 Å². The highest BCUT2D eigenvalue weighted by Crippen LogP contribution is 2.24. The second-order valence-corrected chi connectivity index (χ2v) is 5.30. The maximum atomic E-state index is 6.18. The van der Waals surface area contributed by atoms with Gasteiger partial charge in [-0.25, -0.2) is 0 Å². The lowest BCUT2D eigenvalue weighted by atomic mass is 10.1. The van der Waals surface area contributed by atoms with Crippen molar-refractivity contribution in [3.05, 3.63) is 53.6 Å². The first-order chi connectivity index (χ1) is 10.6. The lowest BCUT2D eigenvalue weighted by molar-refractivity contribution is 0.416. The maximum Gasteiger partial charge on any atom is 0.141 e. The zero-order valence-corrected chi connectivity index (χ0v) is 12.9. The Labute approximate surface area is 131 Å². The van der Waals surface area contributed by atoms with Gasteiger partial charge < -0.3 is 27.3 Å². The number of ether oxygens (including phenoxy) is 1. The number of nitrogens with two attached hydrogens (primary N) is 3. The highest BCUT2D eigenvalue weighted by molar-refractivity contribution is 5.54. The summed E-state index contributed by atoms with van der Waals surface area (Å²) in [4.78, 5) is 0. The van der Waals surface area contributed by atoms with Crippen molar-refractivity contribution < 1.29 is 4.74 Å². The Morgan fingerprint density at radius 2 is 1.82 bits per heavy atom. The van der Waals surface area contributed by atoms with Crippen molar-refractivity contribution in [1.82, 2.24) is 5.32 Å². The molecular formula is C17H24N4O. The number of rotatable bonds is 7. The number of methoxy groups -OCH3 is 1. The summed E-state index contributed by atoms with van der Waals surface area (Å²) in [5.74, 6) is 0.673. The highest BCUT2D eigenvalue weighted by Gasteiger charge is 2.08. The average molecular weight is 300 g/mol. The molecule has 0 heterocycles. The van der Waals surface area contributed by atoms with Gasteiger partial charge in [-0.15, -0.1) is 0 Å². The molecular weight excluding hydrogens is 276 g/mol. The van der Waals surface area contributed by atoms with E-state index in [1.807, 2.05) is 42.5 Å². The highest BCUT2D eigenvalue weighted by atomic mass is 16.5. The van der Waals surface area contributed by atoms with Crippen LogP contribution in [0.25, 0.3) is 0 Å². The summed E-state index contributed by atoms with van der Waals surface area (Å²) in [6, 6.07) is 13.5. The Morgan fingerprint density at radius 3 is 2.45 bits per heavy atom. The second kappa shape index (κ2) is 7.68. The molecule has 0 radical (unpaired) electrons. The van der Waals surface area contributed by atoms with Crippen LogP contribution >= 0.6 is 0 Å². The summed E-state index contributed by atoms with van der Waals surface area (Å²) in [7, 11) is 1.60. The lowest BCUT2D eigenvalue weighted by Gasteiger charge is -2.15. The van der Waals surface area contributed by atoms with Crippen molar-refractivity contribution in [1.29, 1.82) is 0 Å². The van der Waals surface area contributed by atoms with Crippen LogP contribution in [0.15, 0.2) is 42.5 Å². The molecule has 1 atom stereocenters. The number of benzene rings is 2. The second-order valence-electron chi connectivity index (χ2n) is 5.30. The van der Waals surface area contributed by atoms with E-state index in [0.717, 1.165) is 24.2 Å². The van der Waals surface area contributed by atoms with Crippen LogP contribution < -0.4 is 27.3 Å². The molecule has 0 aliphatic carbocycles. The third kappa shape index (κ3) is 4.38. The molecule has 0 saturated carbocycles. The van der Waals surface area contributed by atoms with Gasteiger partial charge in [0.2, 0.25) is 0 Å². The maximum absolute atomic E-state index is 6.18. The number of hydrogen-bond acceptors (Lipinski definition) is 5. The number of hydrogen-bond donors (Lipinski definition) is 4. The van der Waals surface area contributed by atoms with E-state index < -0.39 is 0 Å². The third-order valence-corrected chi connectivity index (χ3v) is 3.62. The van der Waals surface area contributed by atoms with Gasteiger partial charge in [0.1, 0.15) is 5.75 Å². The molecule has 2 aromatic carbocycles. The van der Waals surface area contributed by atoms with Crippen LogP contribution in [0.4, 0.5) is 11.4 Å². The van der Waals surface area contributed by atoms with E-state index in [9.17, 15) is 0 Å². The minimum atomic E-state index is -0.0976. The number of nitrogens with one attached hydrogen (secondary N) is 1. The molecule has 0 saturated heterocycles. The van der Waals surface area contributed by atoms with Crippen LogP contribution in [-0.2, 0) is 6.42 Å². The minimum absolute atomic E-state index is 0.0976. The quantitative estimate of drug-likeness (QED) is 0.461. The van der Waals surface area contributed by atoms with E-state index in [4.69, 9.17) is 21.9 Å². The fourth-order valence-corrected chi connectivity index (χ4v) is 2.28. The monoisotopic (exact) mass is 300 g/mol. The Kier molecular flexibility index (Phi) is 5.63. The van der Waals surface area contributed by atoms with Crippen LogP contribution in [0.1, 0.15) is 17.2 Å². The predicted octanol–water partition coefficient (Wildman–Crippen LogP) is 1.69. The molecule has 1 unspecified atom stereocenters. The molecule has 0 aliphatic rings. The average Bonchev–Trinajstić information content (AvgIpc) is 2.53. The molecule has 5 heteroatoms. The summed E-state index contributed by atoms with van der Waals surface area (Å²) < 4.78 is 5.15. The summed E-state index contributed by atoms with van der Waals surface area (Å²) in [6.45, 7) is 1.56. The summed E-state index contributed by atoms with van der Waals surface area (Å²) in [5, 5.41) is 3.37. The fraction of sp³-hybridized carbons (Fsp3) is 0.294. The number of anilines is 2. The van der Waals surface area contributed by atoms with Crippen LogP contribution in [0, 0.1) is 0 Å². The molecule has 2 aromatic rings. The molecule has 0 amide bonds. The molecule has 0 bridgehead atoms. The van der Waals surface area contributed by atoms with Gasteiger partial charge in [0, 0.05) is 18.3 Å². The summed E-state index contributed by atoms with van der Waals surface area (Å²) in [6.07, 6.45) is 0.942. The third-order valence-electron chi connectivity index (χ3n) is 3.62. The van der Waals surface area contributed by atoms with Crippen molar-refractivity contribution >= 4 is 11.4 Å². The smallest absolute Gasteiger partial charge is 0.141 e. The zero-order valence-electron chi connectivity index (χ0n) is 12.9. The van der Waals surface area contributed by atoms with Gasteiger partial charge in [0.05, 0.1) is 12.8 Å². The van der Waals surface area contributed by atoms with Crippen LogP contribution in [-0.4, -0.2) is 20.2 Å². The molecule has 0 aliphatic heterocycles. The van der Waals surface area contributed by atoms with E-state index in [1.54, 1.807) is 7.11 Å². The van der Waals surface area contributed by atoms with Gasteiger partial charge in [-0.2, -0.15) is 0 Å². The van der Waals surface area contributed by atoms with Crippen molar-refractivity contribution in [3.63, 3.8) is 0 Å². The normalized spacial score (nSPS) is 12.1. The first-order valence-electron chi connectivity index (χ1n) is 7.34. The lowest BCUT2D eigenvalue weighted by Crippen LogP contribution is -2.28. The predicted molar refractivity (Wildman–Crippen MR) is 91.8 cm³/mol. The first-order valence-corrected chi connectivity index (χ1v) is 7.34. The van der Waals surface area contributed by atoms with Crippen molar-refractivity contribution in [3.8, 4) is 5.75 Å². The Bertz CT molecular complexity index is 598. The zero-order chi connectivity index (χ0) is 15.9. The molecule has 7 N–H and O–H groups in total. The van der Waals surface area contributed by atoms with Gasteiger partial charge in [-0.3, -0.25) is 0 Å². The van der Waals surface area contributed by atoms with Gasteiger partial charge in [-0.1, -0.05) is 18.2 Å². The Morgan fingerprint density at radius 1 is 1.09 bits per heavy atom. The standard InChI is InChI=1S/C17H24N4O/c1-22-17-7-4-13(10-15(17)19)16(20)11-21-9-8-12-2-5-14(18)6-3-12/h2-7,10,16,21H,8-9,11,18-20H2,1H3. The van der Waals surface area contributed by atoms with Gasteiger partial charge >= 0.3 is 0 Å². The molecule has 5 nitrogen and oxygen atoms in total. The Hall–Kier alpha value is -2.24. The van der Waals surface area contributed by atoms with E-state index >= 15 is 0 Å². The molecule has 118 valence electrons. The molecule has 0 spiro atoms.